The fourth-order valence-corrected chi connectivity index (χ4v) is 2.81. The molecule has 0 unspecified atom stereocenters. The Morgan fingerprint density at radius 1 is 1.33 bits per heavy atom. The monoisotopic (exact) mass is 309 g/mol. The quantitative estimate of drug-likeness (QED) is 0.843. The van der Waals surface area contributed by atoms with E-state index in [9.17, 15) is 13.2 Å². The number of nitriles is 1. The van der Waals surface area contributed by atoms with Crippen LogP contribution >= 0.6 is 0 Å². The van der Waals surface area contributed by atoms with Crippen LogP contribution in [0.2, 0.25) is 0 Å². The van der Waals surface area contributed by atoms with Gasteiger partial charge in [0.05, 0.1) is 23.9 Å². The van der Waals surface area contributed by atoms with Crippen LogP contribution in [0.15, 0.2) is 24.3 Å². The molecule has 1 aromatic rings. The van der Waals surface area contributed by atoms with Crippen LogP contribution in [0.4, 0.5) is 0 Å². The predicted molar refractivity (Wildman–Crippen MR) is 79.7 cm³/mol. The van der Waals surface area contributed by atoms with Gasteiger partial charge < -0.3 is 5.32 Å². The number of likely N-dealkylation sites (N-methyl/N-ethyl adjacent to an activating group) is 1. The molecule has 0 aromatic heterocycles. The SMILES string of the molecule is CC(C)NC(=O)CN(C)S(=O)(=O)Cc1ccc(C#N)cc1. The van der Waals surface area contributed by atoms with Gasteiger partial charge >= 0.3 is 0 Å². The van der Waals surface area contributed by atoms with E-state index in [-0.39, 0.29) is 24.2 Å². The molecule has 0 bridgehead atoms. The van der Waals surface area contributed by atoms with Crippen LogP contribution in [0.25, 0.3) is 0 Å². The summed E-state index contributed by atoms with van der Waals surface area (Å²) in [6.45, 7) is 3.41. The molecule has 0 heterocycles. The van der Waals surface area contributed by atoms with Gasteiger partial charge in [-0.05, 0) is 31.5 Å². The van der Waals surface area contributed by atoms with E-state index >= 15 is 0 Å². The topological polar surface area (TPSA) is 90.3 Å². The largest absolute Gasteiger partial charge is 0.353 e. The average molecular weight is 309 g/mol. The Hall–Kier alpha value is -1.91. The van der Waals surface area contributed by atoms with Gasteiger partial charge in [-0.2, -0.15) is 9.57 Å². The Kier molecular flexibility index (Phi) is 5.88. The van der Waals surface area contributed by atoms with E-state index in [1.165, 1.54) is 7.05 Å². The van der Waals surface area contributed by atoms with E-state index in [1.54, 1.807) is 24.3 Å². The molecule has 21 heavy (non-hydrogen) atoms. The molecule has 1 amide bonds. The zero-order chi connectivity index (χ0) is 16.0. The number of nitrogens with one attached hydrogen (secondary N) is 1. The van der Waals surface area contributed by atoms with Crippen LogP contribution in [0, 0.1) is 11.3 Å². The molecule has 0 spiro atoms. The molecule has 0 saturated heterocycles. The lowest BCUT2D eigenvalue weighted by Crippen LogP contribution is -2.41. The van der Waals surface area contributed by atoms with Crippen LogP contribution in [-0.4, -0.2) is 38.3 Å². The third kappa shape index (κ3) is 5.53. The van der Waals surface area contributed by atoms with Crippen molar-refractivity contribution in [2.45, 2.75) is 25.6 Å². The number of benzene rings is 1. The first-order chi connectivity index (χ1) is 9.74. The molecule has 0 aliphatic rings. The Morgan fingerprint density at radius 2 is 1.90 bits per heavy atom. The summed E-state index contributed by atoms with van der Waals surface area (Å²) >= 11 is 0. The highest BCUT2D eigenvalue weighted by atomic mass is 32.2. The number of rotatable bonds is 6. The minimum absolute atomic E-state index is 0.0351. The highest BCUT2D eigenvalue weighted by Gasteiger charge is 2.21. The van der Waals surface area contributed by atoms with E-state index in [2.05, 4.69) is 5.32 Å². The van der Waals surface area contributed by atoms with E-state index < -0.39 is 10.0 Å². The summed E-state index contributed by atoms with van der Waals surface area (Å²) in [5.74, 6) is -0.541. The van der Waals surface area contributed by atoms with Gasteiger partial charge in [0.25, 0.3) is 0 Å². The summed E-state index contributed by atoms with van der Waals surface area (Å²) < 4.78 is 25.3. The number of hydrogen-bond donors (Lipinski definition) is 1. The van der Waals surface area contributed by atoms with Gasteiger partial charge in [-0.3, -0.25) is 4.79 Å². The summed E-state index contributed by atoms with van der Waals surface area (Å²) in [7, 11) is -2.20. The Labute approximate surface area is 125 Å². The Bertz CT molecular complexity index is 630. The van der Waals surface area contributed by atoms with Crippen LogP contribution in [0.1, 0.15) is 25.0 Å². The molecule has 0 aliphatic carbocycles. The van der Waals surface area contributed by atoms with Crippen molar-refractivity contribution >= 4 is 15.9 Å². The number of nitrogens with zero attached hydrogens (tertiary/aromatic N) is 2. The van der Waals surface area contributed by atoms with Crippen molar-refractivity contribution in [3.63, 3.8) is 0 Å². The Morgan fingerprint density at radius 3 is 2.38 bits per heavy atom. The molecular formula is C14H19N3O3S. The van der Waals surface area contributed by atoms with Crippen LogP contribution in [0.3, 0.4) is 0 Å². The molecule has 1 aromatic carbocycles. The summed E-state index contributed by atoms with van der Waals surface area (Å²) in [6, 6.07) is 8.26. The van der Waals surface area contributed by atoms with Gasteiger partial charge in [-0.25, -0.2) is 8.42 Å². The molecule has 6 nitrogen and oxygen atoms in total. The van der Waals surface area contributed by atoms with Gasteiger partial charge in [0.15, 0.2) is 0 Å². The van der Waals surface area contributed by atoms with Crippen molar-refractivity contribution in [2.75, 3.05) is 13.6 Å². The lowest BCUT2D eigenvalue weighted by Gasteiger charge is -2.17. The lowest BCUT2D eigenvalue weighted by molar-refractivity contribution is -0.121. The van der Waals surface area contributed by atoms with Gasteiger partial charge in [0, 0.05) is 13.1 Å². The van der Waals surface area contributed by atoms with Gasteiger partial charge in [-0.1, -0.05) is 12.1 Å². The zero-order valence-corrected chi connectivity index (χ0v) is 13.1. The fourth-order valence-electron chi connectivity index (χ4n) is 1.66. The Balaban J connectivity index is 2.71. The van der Waals surface area contributed by atoms with Crippen molar-refractivity contribution in [2.24, 2.45) is 0 Å². The molecule has 0 radical (unpaired) electrons. The van der Waals surface area contributed by atoms with Crippen molar-refractivity contribution in [3.8, 4) is 6.07 Å². The first-order valence-electron chi connectivity index (χ1n) is 6.47. The summed E-state index contributed by atoms with van der Waals surface area (Å²) in [6.07, 6.45) is 0. The summed E-state index contributed by atoms with van der Waals surface area (Å²) in [5.41, 5.74) is 1.05. The highest BCUT2D eigenvalue weighted by molar-refractivity contribution is 7.88. The van der Waals surface area contributed by atoms with E-state index in [0.29, 0.717) is 11.1 Å². The maximum atomic E-state index is 12.2. The maximum Gasteiger partial charge on any atom is 0.235 e. The van der Waals surface area contributed by atoms with Crippen LogP contribution < -0.4 is 5.32 Å². The van der Waals surface area contributed by atoms with Crippen molar-refractivity contribution in [3.05, 3.63) is 35.4 Å². The van der Waals surface area contributed by atoms with Crippen LogP contribution in [0.5, 0.6) is 0 Å². The zero-order valence-electron chi connectivity index (χ0n) is 12.3. The summed E-state index contributed by atoms with van der Waals surface area (Å²) in [4.78, 5) is 11.6. The predicted octanol–water partition coefficient (Wildman–Crippen LogP) is 0.844. The number of amides is 1. The molecule has 7 heteroatoms. The number of carbonyl (C=O) groups excluding carboxylic acids is 1. The van der Waals surface area contributed by atoms with Crippen molar-refractivity contribution < 1.29 is 13.2 Å². The molecule has 114 valence electrons. The number of carbonyl (C=O) groups is 1. The normalized spacial score (nSPS) is 11.4. The number of sulfonamides is 1. The lowest BCUT2D eigenvalue weighted by atomic mass is 10.2. The minimum atomic E-state index is -3.57. The first kappa shape index (κ1) is 17.1. The van der Waals surface area contributed by atoms with Crippen LogP contribution in [-0.2, 0) is 20.6 Å². The molecular weight excluding hydrogens is 290 g/mol. The molecule has 1 N–H and O–H groups in total. The third-order valence-corrected chi connectivity index (χ3v) is 4.50. The minimum Gasteiger partial charge on any atom is -0.353 e. The molecule has 1 rings (SSSR count). The second kappa shape index (κ2) is 7.20. The second-order valence-corrected chi connectivity index (χ2v) is 7.12. The van der Waals surface area contributed by atoms with Crippen molar-refractivity contribution in [1.82, 2.24) is 9.62 Å². The van der Waals surface area contributed by atoms with E-state index in [0.717, 1.165) is 4.31 Å². The molecule has 0 saturated carbocycles. The highest BCUT2D eigenvalue weighted by Crippen LogP contribution is 2.10. The molecule has 0 atom stereocenters. The number of hydrogen-bond acceptors (Lipinski definition) is 4. The van der Waals surface area contributed by atoms with Crippen molar-refractivity contribution in [1.29, 1.82) is 5.26 Å². The maximum absolute atomic E-state index is 12.2. The van der Waals surface area contributed by atoms with Gasteiger partial charge in [0.1, 0.15) is 0 Å². The summed E-state index contributed by atoms with van der Waals surface area (Å²) in [5, 5.41) is 11.3. The third-order valence-electron chi connectivity index (χ3n) is 2.72. The fraction of sp³-hybridized carbons (Fsp3) is 0.429. The molecule has 0 aliphatic heterocycles. The average Bonchev–Trinajstić information content (AvgIpc) is 2.38. The smallest absolute Gasteiger partial charge is 0.235 e. The van der Waals surface area contributed by atoms with E-state index in [1.807, 2.05) is 19.9 Å². The first-order valence-corrected chi connectivity index (χ1v) is 8.08. The van der Waals surface area contributed by atoms with Gasteiger partial charge in [0.2, 0.25) is 15.9 Å². The van der Waals surface area contributed by atoms with E-state index in [4.69, 9.17) is 5.26 Å². The second-order valence-electron chi connectivity index (χ2n) is 5.04. The van der Waals surface area contributed by atoms with Gasteiger partial charge in [-0.15, -0.1) is 0 Å². The molecule has 0 fully saturated rings. The standard InChI is InChI=1S/C14H19N3O3S/c1-11(2)16-14(18)9-17(3)21(19,20)10-13-6-4-12(8-15)5-7-13/h4-7,11H,9-10H2,1-3H3,(H,16,18).